The molecule has 1 aliphatic rings. The summed E-state index contributed by atoms with van der Waals surface area (Å²) < 4.78 is 5.59. The second kappa shape index (κ2) is 8.65. The van der Waals surface area contributed by atoms with Crippen molar-refractivity contribution in [2.45, 2.75) is 46.6 Å². The second-order valence-corrected chi connectivity index (χ2v) is 6.54. The lowest BCUT2D eigenvalue weighted by Crippen LogP contribution is -2.28. The third kappa shape index (κ3) is 6.17. The van der Waals surface area contributed by atoms with E-state index in [0.29, 0.717) is 5.57 Å². The Hall–Kier alpha value is -2.13. The molecule has 0 radical (unpaired) electrons. The Kier molecular flexibility index (Phi) is 7.18. The minimum Gasteiger partial charge on any atom is -0.478 e. The maximum Gasteiger partial charge on any atom is 0.328 e. The quantitative estimate of drug-likeness (QED) is 0.542. The van der Waals surface area contributed by atoms with Crippen LogP contribution < -0.4 is 0 Å². The highest BCUT2D eigenvalue weighted by molar-refractivity contribution is 5.81. The van der Waals surface area contributed by atoms with E-state index in [1.165, 1.54) is 22.8 Å². The highest BCUT2D eigenvalue weighted by Crippen LogP contribution is 2.34. The first kappa shape index (κ1) is 19.9. The number of hydrogen-bond acceptors (Lipinski definition) is 2. The lowest BCUT2D eigenvalue weighted by atomic mass is 9.83. The minimum atomic E-state index is -0.928. The number of carbonyl (C=O) groups is 1. The van der Waals surface area contributed by atoms with Crippen molar-refractivity contribution >= 4 is 5.97 Å². The summed E-state index contributed by atoms with van der Waals surface area (Å²) in [5.41, 5.74) is 5.39. The fourth-order valence-electron chi connectivity index (χ4n) is 2.81. The summed E-state index contributed by atoms with van der Waals surface area (Å²) >= 11 is 0. The fourth-order valence-corrected chi connectivity index (χ4v) is 2.81. The second-order valence-electron chi connectivity index (χ2n) is 6.54. The number of hydrogen-bond donors (Lipinski definition) is 1. The lowest BCUT2D eigenvalue weighted by molar-refractivity contribution is -0.131. The summed E-state index contributed by atoms with van der Waals surface area (Å²) in [6, 6.07) is 0. The van der Waals surface area contributed by atoms with Gasteiger partial charge in [-0.3, -0.25) is 0 Å². The smallest absolute Gasteiger partial charge is 0.328 e. The van der Waals surface area contributed by atoms with E-state index >= 15 is 0 Å². The number of methoxy groups -OCH3 is 1. The van der Waals surface area contributed by atoms with Crippen LogP contribution in [0.4, 0.5) is 0 Å². The van der Waals surface area contributed by atoms with Crippen LogP contribution in [0.25, 0.3) is 0 Å². The van der Waals surface area contributed by atoms with Crippen LogP contribution in [-0.2, 0) is 9.53 Å². The van der Waals surface area contributed by atoms with E-state index in [9.17, 15) is 4.79 Å². The number of rotatable bonds is 6. The molecule has 0 aromatic rings. The normalized spacial score (nSPS) is 23.3. The third-order valence-corrected chi connectivity index (χ3v) is 4.07. The zero-order valence-electron chi connectivity index (χ0n) is 15.5. The van der Waals surface area contributed by atoms with E-state index in [2.05, 4.69) is 39.0 Å². The third-order valence-electron chi connectivity index (χ3n) is 4.07. The summed E-state index contributed by atoms with van der Waals surface area (Å²) in [5, 5.41) is 8.67. The molecule has 3 nitrogen and oxygen atoms in total. The van der Waals surface area contributed by atoms with Gasteiger partial charge in [-0.1, -0.05) is 41.5 Å². The monoisotopic (exact) mass is 328 g/mol. The Morgan fingerprint density at radius 1 is 1.25 bits per heavy atom. The summed E-state index contributed by atoms with van der Waals surface area (Å²) in [6.07, 6.45) is 14.1. The van der Waals surface area contributed by atoms with Gasteiger partial charge in [0.25, 0.3) is 0 Å². The van der Waals surface area contributed by atoms with Crippen LogP contribution in [0.1, 0.15) is 41.0 Å². The van der Waals surface area contributed by atoms with E-state index in [0.717, 1.165) is 12.0 Å². The van der Waals surface area contributed by atoms with Gasteiger partial charge in [-0.25, -0.2) is 4.79 Å². The molecule has 130 valence electrons. The van der Waals surface area contributed by atoms with Gasteiger partial charge in [0.15, 0.2) is 0 Å². The van der Waals surface area contributed by atoms with Crippen molar-refractivity contribution < 1.29 is 14.6 Å². The van der Waals surface area contributed by atoms with E-state index in [1.54, 1.807) is 20.1 Å². The van der Waals surface area contributed by atoms with E-state index in [4.69, 9.17) is 9.84 Å². The molecule has 0 amide bonds. The summed E-state index contributed by atoms with van der Waals surface area (Å²) in [6.45, 7) is 10.1. The van der Waals surface area contributed by atoms with Crippen molar-refractivity contribution in [3.63, 3.8) is 0 Å². The van der Waals surface area contributed by atoms with Gasteiger partial charge < -0.3 is 9.84 Å². The average Bonchev–Trinajstić information content (AvgIpc) is 2.45. The molecule has 3 heteroatoms. The van der Waals surface area contributed by atoms with Gasteiger partial charge in [0.2, 0.25) is 0 Å². The van der Waals surface area contributed by atoms with Crippen LogP contribution in [0, 0.1) is 0 Å². The van der Waals surface area contributed by atoms with Crippen molar-refractivity contribution in [2.24, 2.45) is 0 Å². The van der Waals surface area contributed by atoms with Crippen LogP contribution in [-0.4, -0.2) is 23.8 Å². The first-order valence-corrected chi connectivity index (χ1v) is 8.06. The predicted molar refractivity (Wildman–Crippen MR) is 99.9 cm³/mol. The molecule has 1 aliphatic carbocycles. The lowest BCUT2D eigenvalue weighted by Gasteiger charge is -2.31. The maximum absolute atomic E-state index is 10.6. The summed E-state index contributed by atoms with van der Waals surface area (Å²) in [7, 11) is 1.75. The van der Waals surface area contributed by atoms with E-state index < -0.39 is 5.97 Å². The summed E-state index contributed by atoms with van der Waals surface area (Å²) in [5.74, 6) is -0.928. The number of aliphatic carboxylic acids is 1. The van der Waals surface area contributed by atoms with Crippen LogP contribution in [0.15, 0.2) is 70.4 Å². The van der Waals surface area contributed by atoms with Crippen molar-refractivity contribution in [2.75, 3.05) is 7.11 Å². The van der Waals surface area contributed by atoms with E-state index in [-0.39, 0.29) is 5.60 Å². The maximum atomic E-state index is 10.6. The van der Waals surface area contributed by atoms with E-state index in [1.807, 2.05) is 19.1 Å². The molecular formula is C21H28O3. The molecule has 1 N–H and O–H groups in total. The standard InChI is InChI=1S/C21H28O3/c1-15(8-7-9-16(2)12-20(22)23)10-11-19-17(3)13-21(5,24-6)14-18(19)4/h7-13H,14H2,1-6H3,(H,22,23). The molecule has 0 aliphatic heterocycles. The SMILES string of the molecule is COC1(C)C=C(C)C(C=CC(C)=CC=CC(C)=CC(=O)O)=C(C)C1. The largest absolute Gasteiger partial charge is 0.478 e. The molecule has 0 aromatic carbocycles. The molecule has 0 saturated heterocycles. The van der Waals surface area contributed by atoms with Crippen molar-refractivity contribution in [1.29, 1.82) is 0 Å². The first-order chi connectivity index (χ1) is 11.2. The number of ether oxygens (including phenoxy) is 1. The molecule has 1 rings (SSSR count). The number of carboxylic acids is 1. The molecule has 0 aromatic heterocycles. The topological polar surface area (TPSA) is 46.5 Å². The summed E-state index contributed by atoms with van der Waals surface area (Å²) in [4.78, 5) is 10.6. The molecule has 1 atom stereocenters. The van der Waals surface area contributed by atoms with Crippen molar-refractivity contribution in [1.82, 2.24) is 0 Å². The molecule has 0 heterocycles. The molecule has 0 spiro atoms. The van der Waals surface area contributed by atoms with Crippen LogP contribution in [0.3, 0.4) is 0 Å². The van der Waals surface area contributed by atoms with Gasteiger partial charge in [0, 0.05) is 19.6 Å². The molecular weight excluding hydrogens is 300 g/mol. The minimum absolute atomic E-state index is 0.215. The van der Waals surface area contributed by atoms with Crippen molar-refractivity contribution in [3.8, 4) is 0 Å². The fraction of sp³-hybridized carbons (Fsp3) is 0.381. The Morgan fingerprint density at radius 3 is 2.46 bits per heavy atom. The Morgan fingerprint density at radius 2 is 1.92 bits per heavy atom. The van der Waals surface area contributed by atoms with Crippen LogP contribution >= 0.6 is 0 Å². The Labute approximate surface area is 145 Å². The molecule has 0 fully saturated rings. The molecule has 1 unspecified atom stereocenters. The van der Waals surface area contributed by atoms with Crippen LogP contribution in [0.5, 0.6) is 0 Å². The number of carboxylic acid groups (broad SMARTS) is 1. The number of allylic oxidation sites excluding steroid dienone is 9. The average molecular weight is 328 g/mol. The zero-order valence-corrected chi connectivity index (χ0v) is 15.5. The van der Waals surface area contributed by atoms with Gasteiger partial charge >= 0.3 is 5.97 Å². The van der Waals surface area contributed by atoms with Gasteiger partial charge in [-0.05, 0) is 57.4 Å². The van der Waals surface area contributed by atoms with Gasteiger partial charge in [0.05, 0.1) is 5.60 Å². The zero-order chi connectivity index (χ0) is 18.3. The molecule has 0 bridgehead atoms. The Balaban J connectivity index is 2.84. The van der Waals surface area contributed by atoms with Gasteiger partial charge in [-0.15, -0.1) is 0 Å². The van der Waals surface area contributed by atoms with Gasteiger partial charge in [0.1, 0.15) is 0 Å². The first-order valence-electron chi connectivity index (χ1n) is 8.06. The predicted octanol–water partition coefficient (Wildman–Crippen LogP) is 5.15. The molecule has 24 heavy (non-hydrogen) atoms. The van der Waals surface area contributed by atoms with Crippen LogP contribution in [0.2, 0.25) is 0 Å². The van der Waals surface area contributed by atoms with Gasteiger partial charge in [-0.2, -0.15) is 0 Å². The highest BCUT2D eigenvalue weighted by atomic mass is 16.5. The highest BCUT2D eigenvalue weighted by Gasteiger charge is 2.26. The Bertz CT molecular complexity index is 669. The molecule has 0 saturated carbocycles. The van der Waals surface area contributed by atoms with Crippen molar-refractivity contribution in [3.05, 3.63) is 70.4 Å².